The highest BCUT2D eigenvalue weighted by atomic mass is 35.5. The number of nitrogen functional groups attached to an aromatic ring is 1. The lowest BCUT2D eigenvalue weighted by Gasteiger charge is -2.19. The minimum Gasteiger partial charge on any atom is -0.398 e. The molecule has 0 fully saturated rings. The van der Waals surface area contributed by atoms with Crippen molar-refractivity contribution >= 4 is 27.3 Å². The van der Waals surface area contributed by atoms with Gasteiger partial charge < -0.3 is 5.73 Å². The number of hydrogen-bond donors (Lipinski definition) is 1. The van der Waals surface area contributed by atoms with Crippen LogP contribution < -0.4 is 5.73 Å². The summed E-state index contributed by atoms with van der Waals surface area (Å²) in [5, 5.41) is 0.0566. The molecule has 0 aliphatic carbocycles. The third kappa shape index (κ3) is 3.34. The summed E-state index contributed by atoms with van der Waals surface area (Å²) in [6.45, 7) is 0.0186. The van der Waals surface area contributed by atoms with Gasteiger partial charge in [-0.15, -0.1) is 0 Å². The molecule has 112 valence electrons. The molecule has 0 saturated carbocycles. The maximum atomic E-state index is 13.2. The quantitative estimate of drug-likeness (QED) is 0.878. The number of halogens is 2. The normalized spacial score (nSPS) is 11.8. The van der Waals surface area contributed by atoms with Crippen molar-refractivity contribution in [3.63, 3.8) is 0 Å². The lowest BCUT2D eigenvalue weighted by molar-refractivity contribution is 0.466. The zero-order valence-electron chi connectivity index (χ0n) is 11.3. The molecule has 0 unspecified atom stereocenters. The van der Waals surface area contributed by atoms with Crippen LogP contribution in [0.5, 0.6) is 0 Å². The molecule has 0 spiro atoms. The summed E-state index contributed by atoms with van der Waals surface area (Å²) in [7, 11) is -2.47. The largest absolute Gasteiger partial charge is 0.398 e. The summed E-state index contributed by atoms with van der Waals surface area (Å²) in [6, 6.07) is 10.2. The second-order valence-electron chi connectivity index (χ2n) is 4.55. The van der Waals surface area contributed by atoms with E-state index in [1.165, 1.54) is 37.4 Å². The Hall–Kier alpha value is -1.63. The predicted molar refractivity (Wildman–Crippen MR) is 80.9 cm³/mol. The van der Waals surface area contributed by atoms with Gasteiger partial charge in [0.25, 0.3) is 0 Å². The van der Waals surface area contributed by atoms with Crippen molar-refractivity contribution in [2.75, 3.05) is 12.8 Å². The smallest absolute Gasteiger partial charge is 0.246 e. The lowest BCUT2D eigenvalue weighted by atomic mass is 10.2. The molecule has 21 heavy (non-hydrogen) atoms. The van der Waals surface area contributed by atoms with Crippen LogP contribution in [0.15, 0.2) is 47.4 Å². The van der Waals surface area contributed by atoms with E-state index < -0.39 is 15.8 Å². The third-order valence-corrected chi connectivity index (χ3v) is 5.31. The Morgan fingerprint density at radius 2 is 1.90 bits per heavy atom. The number of sulfonamides is 1. The van der Waals surface area contributed by atoms with Gasteiger partial charge in [0, 0.05) is 13.6 Å². The summed E-state index contributed by atoms with van der Waals surface area (Å²) in [5.74, 6) is -0.421. The maximum Gasteiger partial charge on any atom is 0.246 e. The van der Waals surface area contributed by atoms with Gasteiger partial charge in [0.2, 0.25) is 10.0 Å². The minimum absolute atomic E-state index is 0.0186. The van der Waals surface area contributed by atoms with Crippen molar-refractivity contribution in [1.29, 1.82) is 0 Å². The fourth-order valence-corrected chi connectivity index (χ4v) is 3.72. The van der Waals surface area contributed by atoms with Crippen molar-refractivity contribution < 1.29 is 12.8 Å². The molecule has 2 N–H and O–H groups in total. The Kier molecular flexibility index (Phi) is 4.51. The number of hydrogen-bond acceptors (Lipinski definition) is 3. The summed E-state index contributed by atoms with van der Waals surface area (Å²) < 4.78 is 39.3. The molecule has 2 aromatic rings. The highest BCUT2D eigenvalue weighted by Crippen LogP contribution is 2.29. The van der Waals surface area contributed by atoms with Crippen LogP contribution in [0.2, 0.25) is 5.02 Å². The van der Waals surface area contributed by atoms with Crippen LogP contribution in [0.1, 0.15) is 5.56 Å². The minimum atomic E-state index is -3.86. The molecule has 4 nitrogen and oxygen atoms in total. The third-order valence-electron chi connectivity index (χ3n) is 2.96. The van der Waals surface area contributed by atoms with Crippen LogP contribution in [0.25, 0.3) is 0 Å². The summed E-state index contributed by atoms with van der Waals surface area (Å²) >= 11 is 5.94. The van der Waals surface area contributed by atoms with E-state index in [0.29, 0.717) is 5.56 Å². The second-order valence-corrected chi connectivity index (χ2v) is 6.94. The molecule has 2 rings (SSSR count). The first-order chi connectivity index (χ1) is 9.82. The Morgan fingerprint density at radius 3 is 2.52 bits per heavy atom. The molecule has 0 saturated heterocycles. The predicted octanol–water partition coefficient (Wildman–Crippen LogP) is 2.88. The number of nitrogens with zero attached hydrogens (tertiary/aromatic N) is 1. The topological polar surface area (TPSA) is 63.4 Å². The number of anilines is 1. The molecule has 7 heteroatoms. The van der Waals surface area contributed by atoms with E-state index in [1.807, 2.05) is 0 Å². The van der Waals surface area contributed by atoms with E-state index in [9.17, 15) is 12.8 Å². The first-order valence-corrected chi connectivity index (χ1v) is 7.89. The fraction of sp³-hybridized carbons (Fsp3) is 0.143. The average Bonchev–Trinajstić information content (AvgIpc) is 2.38. The zero-order chi connectivity index (χ0) is 15.6. The molecular formula is C14H14ClFN2O2S. The zero-order valence-corrected chi connectivity index (χ0v) is 12.8. The van der Waals surface area contributed by atoms with Crippen molar-refractivity contribution in [2.24, 2.45) is 0 Å². The molecule has 0 heterocycles. The second kappa shape index (κ2) is 6.01. The van der Waals surface area contributed by atoms with E-state index >= 15 is 0 Å². The van der Waals surface area contributed by atoms with Crippen LogP contribution in [0.4, 0.5) is 10.1 Å². The molecule has 0 atom stereocenters. The van der Waals surface area contributed by atoms with Gasteiger partial charge in [0.1, 0.15) is 10.7 Å². The Labute approximate surface area is 128 Å². The molecule has 0 aliphatic rings. The molecular weight excluding hydrogens is 315 g/mol. The van der Waals surface area contributed by atoms with Crippen molar-refractivity contribution in [1.82, 2.24) is 4.31 Å². The molecule has 2 aromatic carbocycles. The van der Waals surface area contributed by atoms with Crippen LogP contribution in [-0.4, -0.2) is 19.8 Å². The van der Waals surface area contributed by atoms with Crippen molar-refractivity contribution in [3.8, 4) is 0 Å². The van der Waals surface area contributed by atoms with Gasteiger partial charge in [0.15, 0.2) is 0 Å². The first-order valence-electron chi connectivity index (χ1n) is 6.07. The summed E-state index contributed by atoms with van der Waals surface area (Å²) in [6.07, 6.45) is 0. The number of nitrogens with two attached hydrogens (primary N) is 1. The summed E-state index contributed by atoms with van der Waals surface area (Å²) in [4.78, 5) is -0.134. The lowest BCUT2D eigenvalue weighted by Crippen LogP contribution is -2.27. The van der Waals surface area contributed by atoms with E-state index in [-0.39, 0.29) is 22.2 Å². The highest BCUT2D eigenvalue weighted by Gasteiger charge is 2.26. The van der Waals surface area contributed by atoms with E-state index in [4.69, 9.17) is 17.3 Å². The van der Waals surface area contributed by atoms with Crippen LogP contribution in [0.3, 0.4) is 0 Å². The van der Waals surface area contributed by atoms with Crippen LogP contribution in [0, 0.1) is 5.82 Å². The van der Waals surface area contributed by atoms with E-state index in [0.717, 1.165) is 4.31 Å². The molecule has 0 radical (unpaired) electrons. The molecule has 0 amide bonds. The summed E-state index contributed by atoms with van der Waals surface area (Å²) in [5.41, 5.74) is 6.32. The number of benzene rings is 2. The van der Waals surface area contributed by atoms with Gasteiger partial charge in [-0.2, -0.15) is 4.31 Å². The Bertz CT molecular complexity index is 745. The van der Waals surface area contributed by atoms with Crippen molar-refractivity contribution in [2.45, 2.75) is 11.4 Å². The molecule has 0 aromatic heterocycles. The van der Waals surface area contributed by atoms with Crippen LogP contribution >= 0.6 is 11.6 Å². The van der Waals surface area contributed by atoms with Gasteiger partial charge in [-0.05, 0) is 29.8 Å². The highest BCUT2D eigenvalue weighted by molar-refractivity contribution is 7.89. The monoisotopic (exact) mass is 328 g/mol. The fourth-order valence-electron chi connectivity index (χ4n) is 1.93. The van der Waals surface area contributed by atoms with E-state index in [1.54, 1.807) is 12.1 Å². The SMILES string of the molecule is CN(Cc1cccc(F)c1)S(=O)(=O)c1c(N)cccc1Cl. The van der Waals surface area contributed by atoms with Gasteiger partial charge >= 0.3 is 0 Å². The molecule has 0 bridgehead atoms. The van der Waals surface area contributed by atoms with Gasteiger partial charge in [-0.1, -0.05) is 29.8 Å². The Balaban J connectivity index is 2.35. The van der Waals surface area contributed by atoms with Gasteiger partial charge in [-0.3, -0.25) is 0 Å². The van der Waals surface area contributed by atoms with Gasteiger partial charge in [0.05, 0.1) is 10.7 Å². The molecule has 0 aliphatic heterocycles. The van der Waals surface area contributed by atoms with Gasteiger partial charge in [-0.25, -0.2) is 12.8 Å². The van der Waals surface area contributed by atoms with Crippen LogP contribution in [-0.2, 0) is 16.6 Å². The van der Waals surface area contributed by atoms with E-state index in [2.05, 4.69) is 0 Å². The standard InChI is InChI=1S/C14H14ClFN2O2S/c1-18(9-10-4-2-5-11(16)8-10)21(19,20)14-12(15)6-3-7-13(14)17/h2-8H,9,17H2,1H3. The maximum absolute atomic E-state index is 13.2. The van der Waals surface area contributed by atoms with Crippen molar-refractivity contribution in [3.05, 3.63) is 58.9 Å². The average molecular weight is 329 g/mol. The first kappa shape index (κ1) is 15.8. The number of rotatable bonds is 4. The Morgan fingerprint density at radius 1 is 1.24 bits per heavy atom.